The fraction of sp³-hybridized carbons (Fsp3) is 0.444. The van der Waals surface area contributed by atoms with Crippen molar-refractivity contribution in [2.24, 2.45) is 5.73 Å². The van der Waals surface area contributed by atoms with Crippen LogP contribution in [0.2, 0.25) is 0 Å². The molecule has 0 bridgehead atoms. The Kier molecular flexibility index (Phi) is 4.46. The van der Waals surface area contributed by atoms with Crippen LogP contribution in [0.5, 0.6) is 0 Å². The summed E-state index contributed by atoms with van der Waals surface area (Å²) in [4.78, 5) is 25.5. The van der Waals surface area contributed by atoms with Gasteiger partial charge in [-0.25, -0.2) is 0 Å². The van der Waals surface area contributed by atoms with Crippen LogP contribution in [0.3, 0.4) is 0 Å². The molecule has 0 aliphatic carbocycles. The maximum Gasteiger partial charge on any atom is 0.294 e. The van der Waals surface area contributed by atoms with Crippen LogP contribution in [0.15, 0.2) is 21.4 Å². The number of hydrogen-bond acceptors (Lipinski definition) is 4. The minimum absolute atomic E-state index is 0.0174. The fourth-order valence-electron chi connectivity index (χ4n) is 1.51. The molecule has 17 heavy (non-hydrogen) atoms. The van der Waals surface area contributed by atoms with Crippen molar-refractivity contribution < 1.29 is 19.2 Å². The third-order valence-corrected chi connectivity index (χ3v) is 3.50. The summed E-state index contributed by atoms with van der Waals surface area (Å²) in [5.74, 6) is -0.460. The molecule has 0 spiro atoms. The molecule has 2 N–H and O–H groups in total. The van der Waals surface area contributed by atoms with Crippen LogP contribution in [-0.4, -0.2) is 42.2 Å². The molecule has 0 aromatic heterocycles. The molecule has 1 unspecified atom stereocenters. The van der Waals surface area contributed by atoms with Crippen molar-refractivity contribution in [2.75, 3.05) is 26.7 Å². The second-order valence-corrected chi connectivity index (χ2v) is 5.09. The van der Waals surface area contributed by atoms with Gasteiger partial charge < -0.3 is 10.6 Å². The maximum atomic E-state index is 11.2. The van der Waals surface area contributed by atoms with Crippen LogP contribution >= 0.6 is 22.6 Å². The van der Waals surface area contributed by atoms with Crippen molar-refractivity contribution in [3.8, 4) is 0 Å². The van der Waals surface area contributed by atoms with Gasteiger partial charge in [0, 0.05) is 9.66 Å². The Morgan fingerprint density at radius 1 is 1.76 bits per heavy atom. The van der Waals surface area contributed by atoms with Crippen molar-refractivity contribution in [3.05, 3.63) is 31.5 Å². The molecule has 8 heteroatoms. The topological polar surface area (TPSA) is 95.5 Å². The zero-order valence-electron chi connectivity index (χ0n) is 9.26. The molecule has 0 saturated carbocycles. The van der Waals surface area contributed by atoms with Gasteiger partial charge >= 0.3 is 0 Å². The number of halogens is 1. The first kappa shape index (κ1) is 13.9. The van der Waals surface area contributed by atoms with E-state index in [0.29, 0.717) is 23.1 Å². The van der Waals surface area contributed by atoms with Crippen LogP contribution < -0.4 is 5.73 Å². The van der Waals surface area contributed by atoms with E-state index in [4.69, 9.17) is 5.73 Å². The summed E-state index contributed by atoms with van der Waals surface area (Å²) in [6.07, 6.45) is 3.66. The Balaban J connectivity index is 2.66. The van der Waals surface area contributed by atoms with Crippen LogP contribution in [0.4, 0.5) is 0 Å². The Morgan fingerprint density at radius 3 is 2.94 bits per heavy atom. The van der Waals surface area contributed by atoms with Crippen LogP contribution in [0, 0.1) is 10.1 Å². The number of nitrogens with two attached hydrogens (primary N) is 1. The first-order valence-electron chi connectivity index (χ1n) is 4.83. The van der Waals surface area contributed by atoms with Gasteiger partial charge in [-0.3, -0.25) is 9.28 Å². The Morgan fingerprint density at radius 2 is 2.41 bits per heavy atom. The first-order valence-corrected chi connectivity index (χ1v) is 5.91. The van der Waals surface area contributed by atoms with Crippen molar-refractivity contribution in [2.45, 2.75) is 0 Å². The highest BCUT2D eigenvalue weighted by Crippen LogP contribution is 2.24. The minimum atomic E-state index is -0.825. The molecular weight excluding hydrogens is 341 g/mol. The highest BCUT2D eigenvalue weighted by atomic mass is 127. The van der Waals surface area contributed by atoms with Gasteiger partial charge in [0.15, 0.2) is 0 Å². The van der Waals surface area contributed by atoms with Crippen LogP contribution in [0.25, 0.3) is 0 Å². The van der Waals surface area contributed by atoms with E-state index in [1.165, 1.54) is 0 Å². The summed E-state index contributed by atoms with van der Waals surface area (Å²) in [7, 11) is 1.85. The molecule has 0 saturated heterocycles. The van der Waals surface area contributed by atoms with Gasteiger partial charge in [0.2, 0.25) is 0 Å². The number of quaternary nitrogens is 1. The number of carbonyl (C=O) groups excluding carboxylic acids is 1. The fourth-order valence-corrected chi connectivity index (χ4v) is 2.11. The predicted molar refractivity (Wildman–Crippen MR) is 68.2 cm³/mol. The summed E-state index contributed by atoms with van der Waals surface area (Å²) in [5, 5.41) is 9.22. The van der Waals surface area contributed by atoms with Gasteiger partial charge in [0.05, 0.1) is 18.8 Å². The van der Waals surface area contributed by atoms with E-state index in [2.05, 4.69) is 4.84 Å². The van der Waals surface area contributed by atoms with Crippen molar-refractivity contribution in [1.29, 1.82) is 0 Å². The lowest BCUT2D eigenvalue weighted by Crippen LogP contribution is -2.46. The van der Waals surface area contributed by atoms with E-state index in [0.717, 1.165) is 3.58 Å². The van der Waals surface area contributed by atoms with Crippen LogP contribution in [-0.2, 0) is 9.63 Å². The molecule has 1 rings (SSSR count). The lowest BCUT2D eigenvalue weighted by molar-refractivity contribution is -0.866. The SMILES string of the molecule is C[N+]1(CCO[N+](=O)[O-])C=CC(I)=C(C(N)=O)C1. The summed E-state index contributed by atoms with van der Waals surface area (Å²) in [6.45, 7) is 0.805. The number of rotatable bonds is 5. The average molecular weight is 354 g/mol. The van der Waals surface area contributed by atoms with Crippen molar-refractivity contribution in [1.82, 2.24) is 0 Å². The highest BCUT2D eigenvalue weighted by Gasteiger charge is 2.28. The van der Waals surface area contributed by atoms with Gasteiger partial charge in [-0.1, -0.05) is 0 Å². The third-order valence-electron chi connectivity index (χ3n) is 2.48. The average Bonchev–Trinajstić information content (AvgIpc) is 2.21. The largest absolute Gasteiger partial charge is 0.366 e. The predicted octanol–water partition coefficient (Wildman–Crippen LogP) is 0.343. The number of amides is 1. The quantitative estimate of drug-likeness (QED) is 0.333. The van der Waals surface area contributed by atoms with E-state index in [-0.39, 0.29) is 6.61 Å². The summed E-state index contributed by atoms with van der Waals surface area (Å²) < 4.78 is 1.17. The Bertz CT molecular complexity index is 407. The highest BCUT2D eigenvalue weighted by molar-refractivity contribution is 14.1. The molecule has 1 atom stereocenters. The number of primary amides is 1. The number of likely N-dealkylation sites (N-methyl/N-ethyl adjacent to an activating group) is 1. The molecule has 7 nitrogen and oxygen atoms in total. The van der Waals surface area contributed by atoms with Gasteiger partial charge in [0.1, 0.15) is 19.7 Å². The molecule has 0 aromatic rings. The van der Waals surface area contributed by atoms with Gasteiger partial charge in [0.25, 0.3) is 11.0 Å². The lowest BCUT2D eigenvalue weighted by Gasteiger charge is -2.32. The standard InChI is InChI=1S/C9H12IN3O4/c1-13(4-5-17-12(15)16)3-2-8(10)7(6-13)9(11)14/h2-3H,4-6H2,1H3,(H-,11,14)/p+1. The molecule has 0 aromatic carbocycles. The Hall–Kier alpha value is -1.16. The number of nitrogens with zero attached hydrogens (tertiary/aromatic N) is 2. The van der Waals surface area contributed by atoms with Gasteiger partial charge in [-0.05, 0) is 22.6 Å². The lowest BCUT2D eigenvalue weighted by atomic mass is 10.1. The van der Waals surface area contributed by atoms with E-state index in [1.807, 2.05) is 35.8 Å². The van der Waals surface area contributed by atoms with E-state index >= 15 is 0 Å². The number of allylic oxidation sites excluding steroid dienone is 2. The zero-order chi connectivity index (χ0) is 13.1. The molecule has 1 aliphatic rings. The third kappa shape index (κ3) is 3.97. The molecule has 1 amide bonds. The smallest absolute Gasteiger partial charge is 0.294 e. The van der Waals surface area contributed by atoms with Crippen molar-refractivity contribution in [3.63, 3.8) is 0 Å². The molecular formula is C9H13IN3O4+. The first-order chi connectivity index (χ1) is 7.84. The molecule has 0 fully saturated rings. The van der Waals surface area contributed by atoms with E-state index < -0.39 is 11.0 Å². The number of carbonyl (C=O) groups is 1. The van der Waals surface area contributed by atoms with Crippen molar-refractivity contribution >= 4 is 28.5 Å². The van der Waals surface area contributed by atoms with E-state index in [1.54, 1.807) is 6.08 Å². The second-order valence-electron chi connectivity index (χ2n) is 3.92. The van der Waals surface area contributed by atoms with E-state index in [9.17, 15) is 14.9 Å². The molecule has 94 valence electrons. The monoisotopic (exact) mass is 354 g/mol. The van der Waals surface area contributed by atoms with Gasteiger partial charge in [-0.2, -0.15) is 0 Å². The summed E-state index contributed by atoms with van der Waals surface area (Å²) in [6, 6.07) is 0. The normalized spacial score (nSPS) is 23.6. The Labute approximate surface area is 112 Å². The molecule has 0 radical (unpaired) electrons. The molecule has 1 heterocycles. The zero-order valence-corrected chi connectivity index (χ0v) is 11.4. The maximum absolute atomic E-state index is 11.2. The summed E-state index contributed by atoms with van der Waals surface area (Å²) in [5.41, 5.74) is 5.81. The summed E-state index contributed by atoms with van der Waals surface area (Å²) >= 11 is 2.04. The molecule has 1 aliphatic heterocycles. The minimum Gasteiger partial charge on any atom is -0.366 e. The van der Waals surface area contributed by atoms with Gasteiger partial charge in [-0.15, -0.1) is 10.1 Å². The second kappa shape index (κ2) is 5.45. The number of hydrogen-bond donors (Lipinski definition) is 1. The van der Waals surface area contributed by atoms with Crippen LogP contribution in [0.1, 0.15) is 0 Å².